The zero-order valence-electron chi connectivity index (χ0n) is 9.72. The van der Waals surface area contributed by atoms with Gasteiger partial charge in [0.25, 0.3) is 0 Å². The Morgan fingerprint density at radius 2 is 1.92 bits per heavy atom. The molecule has 0 spiro atoms. The SMILES string of the molecule is CCO.CNC1C(C)CCC1(C)C. The molecule has 13 heavy (non-hydrogen) atoms. The van der Waals surface area contributed by atoms with E-state index in [9.17, 15) is 0 Å². The summed E-state index contributed by atoms with van der Waals surface area (Å²) in [6.45, 7) is 8.99. The lowest BCUT2D eigenvalue weighted by Crippen LogP contribution is -2.38. The van der Waals surface area contributed by atoms with E-state index in [1.54, 1.807) is 6.92 Å². The van der Waals surface area contributed by atoms with E-state index in [-0.39, 0.29) is 6.61 Å². The Labute approximate surface area is 82.7 Å². The van der Waals surface area contributed by atoms with Crippen LogP contribution >= 0.6 is 0 Å². The molecule has 1 rings (SSSR count). The van der Waals surface area contributed by atoms with E-state index >= 15 is 0 Å². The Bertz CT molecular complexity index is 134. The zero-order chi connectivity index (χ0) is 10.5. The van der Waals surface area contributed by atoms with Gasteiger partial charge in [-0.15, -0.1) is 0 Å². The molecule has 2 atom stereocenters. The summed E-state index contributed by atoms with van der Waals surface area (Å²) in [5.74, 6) is 0.861. The second-order valence-corrected chi connectivity index (χ2v) is 4.59. The highest BCUT2D eigenvalue weighted by molar-refractivity contribution is 4.93. The van der Waals surface area contributed by atoms with Crippen LogP contribution in [-0.2, 0) is 0 Å². The summed E-state index contributed by atoms with van der Waals surface area (Å²) in [7, 11) is 2.08. The minimum Gasteiger partial charge on any atom is -0.397 e. The number of hydrogen-bond donors (Lipinski definition) is 2. The molecule has 1 saturated carbocycles. The Balaban J connectivity index is 0.000000424. The number of aliphatic hydroxyl groups is 1. The maximum Gasteiger partial charge on any atom is 0.0402 e. The van der Waals surface area contributed by atoms with Gasteiger partial charge in [0.15, 0.2) is 0 Å². The summed E-state index contributed by atoms with van der Waals surface area (Å²) in [6.07, 6.45) is 2.76. The maximum absolute atomic E-state index is 7.57. The van der Waals surface area contributed by atoms with Crippen LogP contribution in [0.2, 0.25) is 0 Å². The Morgan fingerprint density at radius 3 is 2.08 bits per heavy atom. The molecule has 0 saturated heterocycles. The van der Waals surface area contributed by atoms with Crippen molar-refractivity contribution in [1.82, 2.24) is 5.32 Å². The molecular weight excluding hydrogens is 162 g/mol. The summed E-state index contributed by atoms with van der Waals surface area (Å²) in [5.41, 5.74) is 0.522. The van der Waals surface area contributed by atoms with E-state index in [0.29, 0.717) is 5.41 Å². The average Bonchev–Trinajstić information content (AvgIpc) is 2.27. The molecule has 1 aliphatic rings. The minimum atomic E-state index is 0.250. The van der Waals surface area contributed by atoms with Gasteiger partial charge >= 0.3 is 0 Å². The van der Waals surface area contributed by atoms with Crippen LogP contribution in [-0.4, -0.2) is 24.8 Å². The predicted molar refractivity (Wildman–Crippen MR) is 57.8 cm³/mol. The summed E-state index contributed by atoms with van der Waals surface area (Å²) in [5, 5.41) is 11.0. The van der Waals surface area contributed by atoms with Gasteiger partial charge in [-0.3, -0.25) is 0 Å². The van der Waals surface area contributed by atoms with Crippen molar-refractivity contribution in [2.45, 2.75) is 46.6 Å². The fraction of sp³-hybridized carbons (Fsp3) is 1.00. The first-order valence-electron chi connectivity index (χ1n) is 5.27. The molecule has 2 heteroatoms. The maximum atomic E-state index is 7.57. The van der Waals surface area contributed by atoms with Crippen molar-refractivity contribution >= 4 is 0 Å². The van der Waals surface area contributed by atoms with Crippen molar-refractivity contribution < 1.29 is 5.11 Å². The highest BCUT2D eigenvalue weighted by atomic mass is 16.2. The summed E-state index contributed by atoms with van der Waals surface area (Å²) >= 11 is 0. The van der Waals surface area contributed by atoms with Gasteiger partial charge in [-0.25, -0.2) is 0 Å². The van der Waals surface area contributed by atoms with E-state index in [4.69, 9.17) is 5.11 Å². The topological polar surface area (TPSA) is 32.3 Å². The number of hydrogen-bond acceptors (Lipinski definition) is 2. The first kappa shape index (κ1) is 12.9. The minimum absolute atomic E-state index is 0.250. The molecule has 1 aliphatic carbocycles. The Hall–Kier alpha value is -0.0800. The third-order valence-electron chi connectivity index (χ3n) is 2.97. The monoisotopic (exact) mass is 187 g/mol. The molecule has 2 nitrogen and oxygen atoms in total. The molecule has 0 aromatic rings. The third kappa shape index (κ3) is 3.65. The van der Waals surface area contributed by atoms with Gasteiger partial charge in [-0.05, 0) is 38.1 Å². The lowest BCUT2D eigenvalue weighted by atomic mass is 9.85. The summed E-state index contributed by atoms with van der Waals surface area (Å²) in [4.78, 5) is 0. The van der Waals surface area contributed by atoms with Crippen LogP contribution < -0.4 is 5.32 Å². The van der Waals surface area contributed by atoms with Crippen LogP contribution in [0.4, 0.5) is 0 Å². The Morgan fingerprint density at radius 1 is 1.46 bits per heavy atom. The number of aliphatic hydroxyl groups excluding tert-OH is 1. The summed E-state index contributed by atoms with van der Waals surface area (Å²) in [6, 6.07) is 0.729. The Kier molecular flexibility index (Phi) is 5.57. The van der Waals surface area contributed by atoms with E-state index in [0.717, 1.165) is 12.0 Å². The van der Waals surface area contributed by atoms with E-state index in [2.05, 4.69) is 33.1 Å². The van der Waals surface area contributed by atoms with Gasteiger partial charge in [-0.2, -0.15) is 0 Å². The van der Waals surface area contributed by atoms with Gasteiger partial charge in [-0.1, -0.05) is 20.8 Å². The molecule has 2 unspecified atom stereocenters. The van der Waals surface area contributed by atoms with Crippen molar-refractivity contribution in [2.75, 3.05) is 13.7 Å². The van der Waals surface area contributed by atoms with Gasteiger partial charge in [0.2, 0.25) is 0 Å². The lowest BCUT2D eigenvalue weighted by Gasteiger charge is -2.28. The van der Waals surface area contributed by atoms with Crippen molar-refractivity contribution in [1.29, 1.82) is 0 Å². The van der Waals surface area contributed by atoms with E-state index in [1.165, 1.54) is 12.8 Å². The van der Waals surface area contributed by atoms with Crippen molar-refractivity contribution in [3.63, 3.8) is 0 Å². The zero-order valence-corrected chi connectivity index (χ0v) is 9.72. The van der Waals surface area contributed by atoms with E-state index in [1.807, 2.05) is 0 Å². The molecular formula is C11H25NO. The molecule has 0 heterocycles. The molecule has 0 aromatic heterocycles. The smallest absolute Gasteiger partial charge is 0.0402 e. The van der Waals surface area contributed by atoms with Crippen LogP contribution in [0.5, 0.6) is 0 Å². The molecule has 80 valence electrons. The molecule has 0 aromatic carbocycles. The molecule has 0 bridgehead atoms. The highest BCUT2D eigenvalue weighted by Gasteiger charge is 2.38. The normalized spacial score (nSPS) is 30.9. The summed E-state index contributed by atoms with van der Waals surface area (Å²) < 4.78 is 0. The largest absolute Gasteiger partial charge is 0.397 e. The second kappa shape index (κ2) is 5.61. The lowest BCUT2D eigenvalue weighted by molar-refractivity contribution is 0.269. The fourth-order valence-electron chi connectivity index (χ4n) is 2.37. The van der Waals surface area contributed by atoms with Crippen LogP contribution in [0.3, 0.4) is 0 Å². The third-order valence-corrected chi connectivity index (χ3v) is 2.97. The molecule has 1 fully saturated rings. The average molecular weight is 187 g/mol. The van der Waals surface area contributed by atoms with Crippen LogP contribution in [0.25, 0.3) is 0 Å². The highest BCUT2D eigenvalue weighted by Crippen LogP contribution is 2.40. The number of rotatable bonds is 1. The van der Waals surface area contributed by atoms with Gasteiger partial charge in [0.1, 0.15) is 0 Å². The molecule has 0 aliphatic heterocycles. The van der Waals surface area contributed by atoms with Crippen molar-refractivity contribution in [3.8, 4) is 0 Å². The number of nitrogens with one attached hydrogen (secondary N) is 1. The van der Waals surface area contributed by atoms with Crippen LogP contribution in [0.1, 0.15) is 40.5 Å². The second-order valence-electron chi connectivity index (χ2n) is 4.59. The van der Waals surface area contributed by atoms with Crippen LogP contribution in [0, 0.1) is 11.3 Å². The van der Waals surface area contributed by atoms with Crippen molar-refractivity contribution in [3.05, 3.63) is 0 Å². The van der Waals surface area contributed by atoms with Gasteiger partial charge in [0, 0.05) is 12.6 Å². The fourth-order valence-corrected chi connectivity index (χ4v) is 2.37. The van der Waals surface area contributed by atoms with Gasteiger partial charge < -0.3 is 10.4 Å². The molecule has 0 radical (unpaired) electrons. The first-order valence-corrected chi connectivity index (χ1v) is 5.27. The van der Waals surface area contributed by atoms with Crippen molar-refractivity contribution in [2.24, 2.45) is 11.3 Å². The standard InChI is InChI=1S/C9H19N.C2H6O/c1-7-5-6-9(2,3)8(7)10-4;1-2-3/h7-8,10H,5-6H2,1-4H3;3H,2H2,1H3. The predicted octanol–water partition coefficient (Wildman–Crippen LogP) is 2.03. The quantitative estimate of drug-likeness (QED) is 0.658. The first-order chi connectivity index (χ1) is 5.99. The molecule has 2 N–H and O–H groups in total. The molecule has 0 amide bonds. The van der Waals surface area contributed by atoms with Gasteiger partial charge in [0.05, 0.1) is 0 Å². The van der Waals surface area contributed by atoms with E-state index < -0.39 is 0 Å². The van der Waals surface area contributed by atoms with Crippen LogP contribution in [0.15, 0.2) is 0 Å².